The van der Waals surface area contributed by atoms with E-state index in [2.05, 4.69) is 20.3 Å². The number of aromatic nitrogens is 3. The number of rotatable bonds is 4. The summed E-state index contributed by atoms with van der Waals surface area (Å²) in [5.74, 6) is 0.411. The predicted octanol–water partition coefficient (Wildman–Crippen LogP) is 3.47. The molecule has 0 radical (unpaired) electrons. The Morgan fingerprint density at radius 2 is 2.05 bits per heavy atom. The molecule has 0 saturated heterocycles. The molecule has 21 heavy (non-hydrogen) atoms. The first kappa shape index (κ1) is 13.7. The van der Waals surface area contributed by atoms with Gasteiger partial charge < -0.3 is 5.32 Å². The highest BCUT2D eigenvalue weighted by molar-refractivity contribution is 6.29. The molecule has 0 unspecified atom stereocenters. The molecule has 0 aliphatic carbocycles. The molecule has 3 rings (SSSR count). The third-order valence-corrected chi connectivity index (χ3v) is 3.35. The van der Waals surface area contributed by atoms with Gasteiger partial charge in [-0.1, -0.05) is 11.6 Å². The number of nitrogens with one attached hydrogen (secondary N) is 1. The van der Waals surface area contributed by atoms with Gasteiger partial charge in [-0.3, -0.25) is 4.98 Å². The number of nitrogens with zero attached hydrogens (tertiary/aromatic N) is 3. The van der Waals surface area contributed by atoms with E-state index in [0.717, 1.165) is 10.8 Å². The molecule has 1 N–H and O–H groups in total. The highest BCUT2D eigenvalue weighted by Crippen LogP contribution is 2.19. The third kappa shape index (κ3) is 3.25. The molecule has 0 spiro atoms. The Morgan fingerprint density at radius 3 is 2.90 bits per heavy atom. The molecule has 0 amide bonds. The number of benzene rings is 1. The van der Waals surface area contributed by atoms with Crippen LogP contribution < -0.4 is 5.32 Å². The van der Waals surface area contributed by atoms with Crippen LogP contribution in [0, 0.1) is 5.82 Å². The van der Waals surface area contributed by atoms with Crippen LogP contribution in [0.15, 0.2) is 43.0 Å². The zero-order valence-electron chi connectivity index (χ0n) is 11.1. The lowest BCUT2D eigenvalue weighted by Crippen LogP contribution is -2.07. The largest absolute Gasteiger partial charge is 0.370 e. The first-order valence-corrected chi connectivity index (χ1v) is 6.84. The molecule has 2 aromatic heterocycles. The van der Waals surface area contributed by atoms with Crippen LogP contribution in [0.4, 0.5) is 10.2 Å². The maximum absolute atomic E-state index is 14.0. The molecule has 2 heterocycles. The lowest BCUT2D eigenvalue weighted by Gasteiger charge is -2.08. The van der Waals surface area contributed by atoms with Crippen molar-refractivity contribution in [2.45, 2.75) is 6.42 Å². The average Bonchev–Trinajstić information content (AvgIpc) is 2.48. The van der Waals surface area contributed by atoms with Crippen LogP contribution in [0.3, 0.4) is 0 Å². The van der Waals surface area contributed by atoms with Gasteiger partial charge in [-0.2, -0.15) is 0 Å². The van der Waals surface area contributed by atoms with Gasteiger partial charge in [0.15, 0.2) is 0 Å². The Hall–Kier alpha value is -2.27. The van der Waals surface area contributed by atoms with Crippen LogP contribution in [-0.2, 0) is 6.42 Å². The van der Waals surface area contributed by atoms with Gasteiger partial charge in [-0.15, -0.1) is 0 Å². The number of halogens is 2. The summed E-state index contributed by atoms with van der Waals surface area (Å²) in [5.41, 5.74) is 0.642. The highest BCUT2D eigenvalue weighted by atomic mass is 35.5. The monoisotopic (exact) mass is 302 g/mol. The van der Waals surface area contributed by atoms with E-state index in [1.165, 1.54) is 12.4 Å². The summed E-state index contributed by atoms with van der Waals surface area (Å²) in [6.45, 7) is 0.552. The van der Waals surface area contributed by atoms with Gasteiger partial charge in [0.25, 0.3) is 0 Å². The second-order valence-corrected chi connectivity index (χ2v) is 4.96. The van der Waals surface area contributed by atoms with E-state index in [9.17, 15) is 4.39 Å². The van der Waals surface area contributed by atoms with Crippen LogP contribution in [-0.4, -0.2) is 21.5 Å². The van der Waals surface area contributed by atoms with E-state index in [1.807, 2.05) is 6.07 Å². The molecule has 0 aliphatic heterocycles. The van der Waals surface area contributed by atoms with E-state index in [0.29, 0.717) is 29.5 Å². The van der Waals surface area contributed by atoms with Crippen molar-refractivity contribution >= 4 is 28.2 Å². The number of fused-ring (bicyclic) bond motifs is 1. The second kappa shape index (κ2) is 6.01. The van der Waals surface area contributed by atoms with Crippen molar-refractivity contribution in [3.05, 3.63) is 59.5 Å². The molecule has 0 saturated carbocycles. The van der Waals surface area contributed by atoms with Crippen molar-refractivity contribution in [3.8, 4) is 0 Å². The molecule has 106 valence electrons. The summed E-state index contributed by atoms with van der Waals surface area (Å²) in [5, 5.41) is 5.24. The Kier molecular flexibility index (Phi) is 3.92. The maximum Gasteiger partial charge on any atom is 0.134 e. The van der Waals surface area contributed by atoms with Crippen LogP contribution in [0.25, 0.3) is 10.8 Å². The highest BCUT2D eigenvalue weighted by Gasteiger charge is 2.05. The fourth-order valence-electron chi connectivity index (χ4n) is 2.10. The van der Waals surface area contributed by atoms with Gasteiger partial charge in [0.05, 0.1) is 0 Å². The Bertz CT molecular complexity index is 778. The first-order chi connectivity index (χ1) is 10.2. The summed E-state index contributed by atoms with van der Waals surface area (Å²) in [6, 6.07) is 6.78. The summed E-state index contributed by atoms with van der Waals surface area (Å²) in [7, 11) is 0. The molecule has 0 aliphatic rings. The molecule has 1 aromatic carbocycles. The summed E-state index contributed by atoms with van der Waals surface area (Å²) >= 11 is 5.77. The van der Waals surface area contributed by atoms with Crippen LogP contribution in [0.5, 0.6) is 0 Å². The summed E-state index contributed by atoms with van der Waals surface area (Å²) < 4.78 is 14.0. The molecule has 4 nitrogen and oxygen atoms in total. The normalized spacial score (nSPS) is 10.8. The van der Waals surface area contributed by atoms with Gasteiger partial charge in [0.1, 0.15) is 23.1 Å². The molecule has 6 heteroatoms. The number of hydrogen-bond acceptors (Lipinski definition) is 4. The van der Waals surface area contributed by atoms with Gasteiger partial charge in [0, 0.05) is 30.4 Å². The first-order valence-electron chi connectivity index (χ1n) is 6.46. The van der Waals surface area contributed by atoms with Gasteiger partial charge in [0.2, 0.25) is 0 Å². The number of anilines is 1. The van der Waals surface area contributed by atoms with Gasteiger partial charge >= 0.3 is 0 Å². The quantitative estimate of drug-likeness (QED) is 0.750. The number of pyridine rings is 1. The van der Waals surface area contributed by atoms with Crippen molar-refractivity contribution in [2.75, 3.05) is 11.9 Å². The average molecular weight is 303 g/mol. The smallest absolute Gasteiger partial charge is 0.134 e. The molecule has 0 bridgehead atoms. The second-order valence-electron chi connectivity index (χ2n) is 4.57. The standard InChI is InChI=1S/C15H12ClFN4/c16-14-7-15(21-9-20-14)19-4-2-11-5-12-8-18-3-1-10(12)6-13(11)17/h1,3,5-9H,2,4H2,(H,19,20,21). The van der Waals surface area contributed by atoms with Crippen molar-refractivity contribution in [2.24, 2.45) is 0 Å². The van der Waals surface area contributed by atoms with E-state index in [4.69, 9.17) is 11.6 Å². The Labute approximate surface area is 126 Å². The fourth-order valence-corrected chi connectivity index (χ4v) is 2.25. The number of hydrogen-bond donors (Lipinski definition) is 1. The SMILES string of the molecule is Fc1cc2ccncc2cc1CCNc1cc(Cl)ncn1. The van der Waals surface area contributed by atoms with Crippen molar-refractivity contribution in [1.29, 1.82) is 0 Å². The van der Waals surface area contributed by atoms with Crippen molar-refractivity contribution in [3.63, 3.8) is 0 Å². The fraction of sp³-hybridized carbons (Fsp3) is 0.133. The minimum Gasteiger partial charge on any atom is -0.370 e. The minimum atomic E-state index is -0.212. The lowest BCUT2D eigenvalue weighted by molar-refractivity contribution is 0.612. The molecule has 3 aromatic rings. The summed E-state index contributed by atoms with van der Waals surface area (Å²) in [4.78, 5) is 11.9. The topological polar surface area (TPSA) is 50.7 Å². The minimum absolute atomic E-state index is 0.212. The van der Waals surface area contributed by atoms with Crippen molar-refractivity contribution in [1.82, 2.24) is 15.0 Å². The zero-order chi connectivity index (χ0) is 14.7. The Morgan fingerprint density at radius 1 is 1.14 bits per heavy atom. The molecule has 0 atom stereocenters. The predicted molar refractivity (Wildman–Crippen MR) is 80.9 cm³/mol. The van der Waals surface area contributed by atoms with Crippen LogP contribution >= 0.6 is 11.6 Å². The van der Waals surface area contributed by atoms with Crippen LogP contribution in [0.1, 0.15) is 5.56 Å². The van der Waals surface area contributed by atoms with Gasteiger partial charge in [-0.25, -0.2) is 14.4 Å². The van der Waals surface area contributed by atoms with Crippen molar-refractivity contribution < 1.29 is 4.39 Å². The van der Waals surface area contributed by atoms with E-state index in [-0.39, 0.29) is 5.82 Å². The molecular weight excluding hydrogens is 291 g/mol. The molecular formula is C15H12ClFN4. The summed E-state index contributed by atoms with van der Waals surface area (Å²) in [6.07, 6.45) is 5.31. The third-order valence-electron chi connectivity index (χ3n) is 3.14. The maximum atomic E-state index is 14.0. The van der Waals surface area contributed by atoms with Gasteiger partial charge in [-0.05, 0) is 35.6 Å². The van der Waals surface area contributed by atoms with Crippen LogP contribution in [0.2, 0.25) is 5.15 Å². The zero-order valence-corrected chi connectivity index (χ0v) is 11.8. The molecule has 0 fully saturated rings. The van der Waals surface area contributed by atoms with E-state index < -0.39 is 0 Å². The van der Waals surface area contributed by atoms with E-state index >= 15 is 0 Å². The van der Waals surface area contributed by atoms with E-state index in [1.54, 1.807) is 24.5 Å². The Balaban J connectivity index is 1.71. The lowest BCUT2D eigenvalue weighted by atomic mass is 10.1.